The SMILES string of the molecule is [CH2+]c1cc(Br)ccc1C(O)(c1cncnc1)C(C)(C)C. The highest BCUT2D eigenvalue weighted by Gasteiger charge is 2.48. The van der Waals surface area contributed by atoms with Crippen LogP contribution in [0.15, 0.2) is 41.4 Å². The van der Waals surface area contributed by atoms with Crippen molar-refractivity contribution in [2.75, 3.05) is 0 Å². The molecule has 0 aliphatic heterocycles. The Morgan fingerprint density at radius 3 is 2.25 bits per heavy atom. The first-order chi connectivity index (χ1) is 9.26. The fraction of sp³-hybridized carbons (Fsp3) is 0.312. The predicted molar refractivity (Wildman–Crippen MR) is 83.1 cm³/mol. The first-order valence-electron chi connectivity index (χ1n) is 6.36. The minimum atomic E-state index is -1.20. The van der Waals surface area contributed by atoms with Gasteiger partial charge in [-0.3, -0.25) is 0 Å². The van der Waals surface area contributed by atoms with E-state index in [4.69, 9.17) is 0 Å². The normalized spacial score (nSPS) is 14.8. The third-order valence-electron chi connectivity index (χ3n) is 3.52. The molecule has 1 heterocycles. The van der Waals surface area contributed by atoms with Crippen LogP contribution >= 0.6 is 15.9 Å². The summed E-state index contributed by atoms with van der Waals surface area (Å²) in [5.41, 5.74) is 0.577. The molecule has 0 saturated heterocycles. The second-order valence-electron chi connectivity index (χ2n) is 5.89. The van der Waals surface area contributed by atoms with E-state index in [0.29, 0.717) is 5.56 Å². The van der Waals surface area contributed by atoms with Crippen LogP contribution in [-0.2, 0) is 5.60 Å². The molecule has 1 N–H and O–H groups in total. The Morgan fingerprint density at radius 1 is 1.15 bits per heavy atom. The molecule has 0 aliphatic carbocycles. The molecule has 0 saturated carbocycles. The molecule has 104 valence electrons. The maximum Gasteiger partial charge on any atom is 0.168 e. The molecule has 1 atom stereocenters. The Morgan fingerprint density at radius 2 is 1.75 bits per heavy atom. The zero-order valence-corrected chi connectivity index (χ0v) is 13.5. The average molecular weight is 334 g/mol. The van der Waals surface area contributed by atoms with Crippen molar-refractivity contribution >= 4 is 15.9 Å². The van der Waals surface area contributed by atoms with E-state index in [0.717, 1.165) is 15.6 Å². The van der Waals surface area contributed by atoms with Gasteiger partial charge in [0.05, 0.1) is 16.1 Å². The molecule has 1 aromatic carbocycles. The molecule has 0 bridgehead atoms. The molecule has 20 heavy (non-hydrogen) atoms. The molecule has 3 nitrogen and oxygen atoms in total. The van der Waals surface area contributed by atoms with Crippen LogP contribution in [0.3, 0.4) is 0 Å². The summed E-state index contributed by atoms with van der Waals surface area (Å²) in [6.45, 7) is 10.0. The van der Waals surface area contributed by atoms with Crippen LogP contribution in [0.2, 0.25) is 0 Å². The van der Waals surface area contributed by atoms with Crippen LogP contribution < -0.4 is 0 Å². The molecular weight excluding hydrogens is 316 g/mol. The summed E-state index contributed by atoms with van der Waals surface area (Å²) in [7, 11) is 0. The molecule has 2 aromatic rings. The molecular formula is C16H18BrN2O+. The second-order valence-corrected chi connectivity index (χ2v) is 6.80. The van der Waals surface area contributed by atoms with Gasteiger partial charge >= 0.3 is 0 Å². The first-order valence-corrected chi connectivity index (χ1v) is 7.16. The van der Waals surface area contributed by atoms with Crippen LogP contribution in [0.25, 0.3) is 0 Å². The van der Waals surface area contributed by atoms with Crippen molar-refractivity contribution in [1.29, 1.82) is 0 Å². The van der Waals surface area contributed by atoms with Gasteiger partial charge in [0.25, 0.3) is 0 Å². The van der Waals surface area contributed by atoms with Crippen molar-refractivity contribution in [1.82, 2.24) is 9.97 Å². The highest BCUT2D eigenvalue weighted by Crippen LogP contribution is 2.45. The van der Waals surface area contributed by atoms with E-state index in [2.05, 4.69) is 32.8 Å². The maximum absolute atomic E-state index is 11.4. The molecule has 0 amide bonds. The van der Waals surface area contributed by atoms with Gasteiger partial charge in [0.15, 0.2) is 5.60 Å². The molecule has 1 unspecified atom stereocenters. The van der Waals surface area contributed by atoms with Gasteiger partial charge in [-0.25, -0.2) is 9.97 Å². The van der Waals surface area contributed by atoms with Gasteiger partial charge in [0.2, 0.25) is 0 Å². The lowest BCUT2D eigenvalue weighted by Crippen LogP contribution is -2.42. The van der Waals surface area contributed by atoms with Crippen molar-refractivity contribution < 1.29 is 5.11 Å². The third kappa shape index (κ3) is 2.45. The monoisotopic (exact) mass is 333 g/mol. The van der Waals surface area contributed by atoms with E-state index >= 15 is 0 Å². The van der Waals surface area contributed by atoms with E-state index in [1.807, 2.05) is 39.0 Å². The fourth-order valence-corrected chi connectivity index (χ4v) is 2.80. The van der Waals surface area contributed by atoms with Crippen LogP contribution in [0.4, 0.5) is 0 Å². The molecule has 4 heteroatoms. The van der Waals surface area contributed by atoms with E-state index in [1.165, 1.54) is 6.33 Å². The number of aliphatic hydroxyl groups is 1. The zero-order chi connectivity index (χ0) is 15.0. The number of benzene rings is 1. The summed E-state index contributed by atoms with van der Waals surface area (Å²) in [4.78, 5) is 8.07. The Kier molecular flexibility index (Phi) is 3.89. The van der Waals surface area contributed by atoms with Crippen molar-refractivity contribution in [2.45, 2.75) is 26.4 Å². The smallest absolute Gasteiger partial charge is 0.168 e. The number of aromatic nitrogens is 2. The summed E-state index contributed by atoms with van der Waals surface area (Å²) in [6.07, 6.45) is 4.76. The lowest BCUT2D eigenvalue weighted by atomic mass is 9.68. The Hall–Kier alpha value is -1.39. The molecule has 0 radical (unpaired) electrons. The number of hydrogen-bond acceptors (Lipinski definition) is 3. The average Bonchev–Trinajstić information content (AvgIpc) is 2.37. The Balaban J connectivity index is 2.71. The van der Waals surface area contributed by atoms with Crippen LogP contribution in [-0.4, -0.2) is 15.1 Å². The molecule has 0 fully saturated rings. The minimum Gasteiger partial charge on any atom is -0.368 e. The van der Waals surface area contributed by atoms with Gasteiger partial charge in [-0.15, -0.1) is 0 Å². The summed E-state index contributed by atoms with van der Waals surface area (Å²) in [5.74, 6) is 0. The van der Waals surface area contributed by atoms with Crippen molar-refractivity contribution in [3.63, 3.8) is 0 Å². The van der Waals surface area contributed by atoms with Gasteiger partial charge < -0.3 is 5.11 Å². The van der Waals surface area contributed by atoms with Gasteiger partial charge in [-0.2, -0.15) is 0 Å². The topological polar surface area (TPSA) is 46.0 Å². The van der Waals surface area contributed by atoms with Gasteiger partial charge in [0.1, 0.15) is 11.9 Å². The highest BCUT2D eigenvalue weighted by molar-refractivity contribution is 9.10. The lowest BCUT2D eigenvalue weighted by molar-refractivity contribution is -0.0268. The highest BCUT2D eigenvalue weighted by atomic mass is 79.9. The van der Waals surface area contributed by atoms with Crippen LogP contribution in [0, 0.1) is 12.3 Å². The number of halogens is 1. The Bertz CT molecular complexity index is 608. The first kappa shape index (κ1) is 15.0. The van der Waals surface area contributed by atoms with E-state index in [1.54, 1.807) is 12.4 Å². The summed E-state index contributed by atoms with van der Waals surface area (Å²) < 4.78 is 0.937. The number of rotatable bonds is 2. The number of nitrogens with zero attached hydrogens (tertiary/aromatic N) is 2. The molecule has 0 aliphatic rings. The largest absolute Gasteiger partial charge is 0.368 e. The van der Waals surface area contributed by atoms with Crippen molar-refractivity contribution in [3.05, 3.63) is 65.0 Å². The quantitative estimate of drug-likeness (QED) is 0.852. The van der Waals surface area contributed by atoms with Crippen molar-refractivity contribution in [3.8, 4) is 0 Å². The van der Waals surface area contributed by atoms with Gasteiger partial charge in [-0.1, -0.05) is 20.8 Å². The molecule has 0 spiro atoms. The van der Waals surface area contributed by atoms with E-state index < -0.39 is 11.0 Å². The lowest BCUT2D eigenvalue weighted by Gasteiger charge is -2.38. The predicted octanol–water partition coefficient (Wildman–Crippen LogP) is 3.70. The summed E-state index contributed by atoms with van der Waals surface area (Å²) in [5, 5.41) is 11.4. The van der Waals surface area contributed by atoms with E-state index in [9.17, 15) is 5.11 Å². The van der Waals surface area contributed by atoms with Crippen LogP contribution in [0.5, 0.6) is 0 Å². The molecule has 2 rings (SSSR count). The summed E-state index contributed by atoms with van der Waals surface area (Å²) in [6, 6.07) is 5.70. The fourth-order valence-electron chi connectivity index (χ4n) is 2.39. The Labute approximate surface area is 128 Å². The zero-order valence-electron chi connectivity index (χ0n) is 11.9. The van der Waals surface area contributed by atoms with Crippen molar-refractivity contribution in [2.24, 2.45) is 5.41 Å². The minimum absolute atomic E-state index is 0.433. The third-order valence-corrected chi connectivity index (χ3v) is 4.01. The second kappa shape index (κ2) is 5.19. The van der Waals surface area contributed by atoms with Gasteiger partial charge in [0, 0.05) is 36.4 Å². The molecule has 1 aromatic heterocycles. The standard InChI is InChI=1S/C16H18BrN2O/c1-11-7-13(17)5-6-14(11)16(20,15(2,3)4)12-8-18-10-19-9-12/h5-10,20H,1H2,2-4H3/q+1. The van der Waals surface area contributed by atoms with E-state index in [-0.39, 0.29) is 0 Å². The summed E-state index contributed by atoms with van der Waals surface area (Å²) >= 11 is 3.42. The number of hydrogen-bond donors (Lipinski definition) is 1. The van der Waals surface area contributed by atoms with Gasteiger partial charge in [-0.05, 0) is 22.0 Å². The van der Waals surface area contributed by atoms with Crippen LogP contribution in [0.1, 0.15) is 37.5 Å². The maximum atomic E-state index is 11.4.